The van der Waals surface area contributed by atoms with E-state index in [1.807, 2.05) is 36.4 Å². The molecule has 15 heavy (non-hydrogen) atoms. The summed E-state index contributed by atoms with van der Waals surface area (Å²) in [4.78, 5) is 4.23. The van der Waals surface area contributed by atoms with Crippen molar-refractivity contribution < 1.29 is 0 Å². The van der Waals surface area contributed by atoms with Gasteiger partial charge < -0.3 is 5.73 Å². The van der Waals surface area contributed by atoms with E-state index >= 15 is 0 Å². The van der Waals surface area contributed by atoms with Gasteiger partial charge in [-0.1, -0.05) is 29.8 Å². The average molecular weight is 219 g/mol. The molecule has 2 nitrogen and oxygen atoms in total. The number of rotatable bonds is 2. The first-order valence-electron chi connectivity index (χ1n) is 4.70. The molecular weight excluding hydrogens is 208 g/mol. The summed E-state index contributed by atoms with van der Waals surface area (Å²) in [5.74, 6) is 0. The third-order valence-electron chi connectivity index (χ3n) is 2.24. The molecule has 0 saturated heterocycles. The normalized spacial score (nSPS) is 10.2. The van der Waals surface area contributed by atoms with Gasteiger partial charge in [0.15, 0.2) is 0 Å². The third-order valence-corrected chi connectivity index (χ3v) is 2.61. The van der Waals surface area contributed by atoms with Crippen LogP contribution in [0.5, 0.6) is 0 Å². The smallest absolute Gasteiger partial charge is 0.0676 e. The summed E-state index contributed by atoms with van der Waals surface area (Å²) in [7, 11) is 0. The van der Waals surface area contributed by atoms with Crippen LogP contribution in [0.4, 0.5) is 5.69 Å². The fourth-order valence-electron chi connectivity index (χ4n) is 1.42. The van der Waals surface area contributed by atoms with Crippen molar-refractivity contribution in [3.63, 3.8) is 0 Å². The Labute approximate surface area is 93.7 Å². The Morgan fingerprint density at radius 2 is 1.93 bits per heavy atom. The lowest BCUT2D eigenvalue weighted by atomic mass is 10.1. The molecule has 76 valence electrons. The molecule has 0 aliphatic rings. The van der Waals surface area contributed by atoms with Crippen LogP contribution in [0.25, 0.3) is 0 Å². The number of anilines is 1. The van der Waals surface area contributed by atoms with Gasteiger partial charge in [0, 0.05) is 17.6 Å². The highest BCUT2D eigenvalue weighted by molar-refractivity contribution is 6.31. The average Bonchev–Trinajstić information content (AvgIpc) is 2.24. The summed E-state index contributed by atoms with van der Waals surface area (Å²) in [5.41, 5.74) is 8.43. The predicted octanol–water partition coefficient (Wildman–Crippen LogP) is 2.91. The summed E-state index contributed by atoms with van der Waals surface area (Å²) >= 11 is 6.06. The summed E-state index contributed by atoms with van der Waals surface area (Å²) in [6.45, 7) is 0. The van der Waals surface area contributed by atoms with E-state index in [2.05, 4.69) is 4.98 Å². The summed E-state index contributed by atoms with van der Waals surface area (Å²) in [5, 5.41) is 0.752. The molecule has 2 rings (SSSR count). The molecule has 2 aromatic rings. The molecule has 1 aromatic heterocycles. The molecule has 1 heterocycles. The van der Waals surface area contributed by atoms with Crippen LogP contribution < -0.4 is 5.73 Å². The number of hydrogen-bond donors (Lipinski definition) is 1. The van der Waals surface area contributed by atoms with Gasteiger partial charge in [-0.15, -0.1) is 0 Å². The molecule has 0 radical (unpaired) electrons. The number of nitrogen functional groups attached to an aromatic ring is 1. The maximum absolute atomic E-state index is 6.06. The standard InChI is InChI=1S/C12H11ClN2/c13-10-5-2-1-4-9(10)8-12-11(14)6-3-7-15-12/h1-7H,8,14H2. The van der Waals surface area contributed by atoms with E-state index in [1.165, 1.54) is 0 Å². The Morgan fingerprint density at radius 1 is 1.13 bits per heavy atom. The van der Waals surface area contributed by atoms with Crippen molar-refractivity contribution in [1.82, 2.24) is 4.98 Å². The monoisotopic (exact) mass is 218 g/mol. The van der Waals surface area contributed by atoms with Crippen LogP contribution in [0, 0.1) is 0 Å². The molecule has 0 aliphatic carbocycles. The fourth-order valence-corrected chi connectivity index (χ4v) is 1.62. The highest BCUT2D eigenvalue weighted by Gasteiger charge is 2.04. The molecule has 0 aliphatic heterocycles. The van der Waals surface area contributed by atoms with Crippen molar-refractivity contribution >= 4 is 17.3 Å². The van der Waals surface area contributed by atoms with Crippen molar-refractivity contribution in [2.45, 2.75) is 6.42 Å². The Kier molecular flexibility index (Phi) is 2.88. The quantitative estimate of drug-likeness (QED) is 0.842. The topological polar surface area (TPSA) is 38.9 Å². The SMILES string of the molecule is Nc1cccnc1Cc1ccccc1Cl. The Balaban J connectivity index is 2.30. The van der Waals surface area contributed by atoms with Gasteiger partial charge >= 0.3 is 0 Å². The molecule has 0 unspecified atom stereocenters. The molecular formula is C12H11ClN2. The van der Waals surface area contributed by atoms with Gasteiger partial charge in [0.25, 0.3) is 0 Å². The zero-order chi connectivity index (χ0) is 10.7. The zero-order valence-electron chi connectivity index (χ0n) is 8.15. The fraction of sp³-hybridized carbons (Fsp3) is 0.0833. The Bertz CT molecular complexity index is 425. The molecule has 1 aromatic carbocycles. The molecule has 2 N–H and O–H groups in total. The van der Waals surface area contributed by atoms with Crippen molar-refractivity contribution in [1.29, 1.82) is 0 Å². The lowest BCUT2D eigenvalue weighted by Gasteiger charge is -2.05. The van der Waals surface area contributed by atoms with E-state index in [1.54, 1.807) is 6.20 Å². The van der Waals surface area contributed by atoms with E-state index < -0.39 is 0 Å². The van der Waals surface area contributed by atoms with Gasteiger partial charge in [-0.2, -0.15) is 0 Å². The number of hydrogen-bond acceptors (Lipinski definition) is 2. The van der Waals surface area contributed by atoms with Gasteiger partial charge in [0.05, 0.1) is 11.4 Å². The summed E-state index contributed by atoms with van der Waals surface area (Å²) < 4.78 is 0. The summed E-state index contributed by atoms with van der Waals surface area (Å²) in [6, 6.07) is 11.4. The predicted molar refractivity (Wildman–Crippen MR) is 62.9 cm³/mol. The van der Waals surface area contributed by atoms with Gasteiger partial charge in [-0.3, -0.25) is 4.98 Å². The van der Waals surface area contributed by atoms with Crippen LogP contribution in [-0.4, -0.2) is 4.98 Å². The number of aromatic nitrogens is 1. The maximum atomic E-state index is 6.06. The van der Waals surface area contributed by atoms with Crippen LogP contribution in [0.1, 0.15) is 11.3 Å². The number of pyridine rings is 1. The molecule has 0 amide bonds. The van der Waals surface area contributed by atoms with Crippen LogP contribution >= 0.6 is 11.6 Å². The Morgan fingerprint density at radius 3 is 2.67 bits per heavy atom. The molecule has 0 saturated carbocycles. The highest BCUT2D eigenvalue weighted by Crippen LogP contribution is 2.20. The molecule has 0 spiro atoms. The molecule has 0 bridgehead atoms. The molecule has 0 fully saturated rings. The van der Waals surface area contributed by atoms with Crippen molar-refractivity contribution in [2.24, 2.45) is 0 Å². The van der Waals surface area contributed by atoms with Crippen molar-refractivity contribution in [2.75, 3.05) is 5.73 Å². The number of nitrogens with two attached hydrogens (primary N) is 1. The first-order valence-corrected chi connectivity index (χ1v) is 5.08. The largest absolute Gasteiger partial charge is 0.397 e. The van der Waals surface area contributed by atoms with Crippen LogP contribution in [0.3, 0.4) is 0 Å². The second kappa shape index (κ2) is 4.32. The van der Waals surface area contributed by atoms with Gasteiger partial charge in [0.1, 0.15) is 0 Å². The second-order valence-electron chi connectivity index (χ2n) is 3.31. The van der Waals surface area contributed by atoms with E-state index in [9.17, 15) is 0 Å². The Hall–Kier alpha value is -1.54. The number of benzene rings is 1. The number of halogens is 1. The van der Waals surface area contributed by atoms with E-state index in [0.717, 1.165) is 16.3 Å². The van der Waals surface area contributed by atoms with Gasteiger partial charge in [0.2, 0.25) is 0 Å². The van der Waals surface area contributed by atoms with E-state index in [0.29, 0.717) is 12.1 Å². The van der Waals surface area contributed by atoms with Crippen LogP contribution in [0.2, 0.25) is 5.02 Å². The first kappa shape index (κ1) is 9.99. The maximum Gasteiger partial charge on any atom is 0.0676 e. The highest BCUT2D eigenvalue weighted by atomic mass is 35.5. The lowest BCUT2D eigenvalue weighted by Crippen LogP contribution is -1.98. The summed E-state index contributed by atoms with van der Waals surface area (Å²) in [6.07, 6.45) is 2.41. The van der Waals surface area contributed by atoms with E-state index in [4.69, 9.17) is 17.3 Å². The zero-order valence-corrected chi connectivity index (χ0v) is 8.91. The minimum Gasteiger partial charge on any atom is -0.397 e. The second-order valence-corrected chi connectivity index (χ2v) is 3.71. The van der Waals surface area contributed by atoms with Crippen LogP contribution in [0.15, 0.2) is 42.6 Å². The minimum absolute atomic E-state index is 0.673. The minimum atomic E-state index is 0.673. The third kappa shape index (κ3) is 2.28. The van der Waals surface area contributed by atoms with Crippen LogP contribution in [-0.2, 0) is 6.42 Å². The van der Waals surface area contributed by atoms with Gasteiger partial charge in [-0.25, -0.2) is 0 Å². The van der Waals surface area contributed by atoms with Crippen molar-refractivity contribution in [3.8, 4) is 0 Å². The molecule has 3 heteroatoms. The first-order chi connectivity index (χ1) is 7.27. The molecule has 0 atom stereocenters. The van der Waals surface area contributed by atoms with E-state index in [-0.39, 0.29) is 0 Å². The number of nitrogens with zero attached hydrogens (tertiary/aromatic N) is 1. The lowest BCUT2D eigenvalue weighted by molar-refractivity contribution is 1.08. The van der Waals surface area contributed by atoms with Gasteiger partial charge in [-0.05, 0) is 23.8 Å². The van der Waals surface area contributed by atoms with Crippen molar-refractivity contribution in [3.05, 3.63) is 58.9 Å².